The van der Waals surface area contributed by atoms with Gasteiger partial charge in [-0.3, -0.25) is 14.4 Å². The molecule has 0 fully saturated rings. The summed E-state index contributed by atoms with van der Waals surface area (Å²) in [6.07, 6.45) is 0. The van der Waals surface area contributed by atoms with Crippen LogP contribution in [0.1, 0.15) is 52.6 Å². The van der Waals surface area contributed by atoms with Crippen LogP contribution in [-0.2, 0) is 0 Å². The number of rotatable bonds is 4. The van der Waals surface area contributed by atoms with Crippen LogP contribution < -0.4 is 10.2 Å². The van der Waals surface area contributed by atoms with Gasteiger partial charge in [-0.05, 0) is 73.5 Å². The second-order valence-corrected chi connectivity index (χ2v) is 7.39. The molecular formula is C24H18N2O5. The molecule has 1 aliphatic rings. The zero-order valence-electron chi connectivity index (χ0n) is 16.8. The van der Waals surface area contributed by atoms with Gasteiger partial charge in [0.2, 0.25) is 0 Å². The average molecular weight is 414 g/mol. The van der Waals surface area contributed by atoms with E-state index in [9.17, 15) is 19.2 Å². The number of carboxylic acids is 1. The number of aromatic carboxylic acids is 1. The van der Waals surface area contributed by atoms with Gasteiger partial charge in [0.15, 0.2) is 0 Å². The van der Waals surface area contributed by atoms with E-state index in [0.29, 0.717) is 5.69 Å². The Morgan fingerprint density at radius 1 is 0.806 bits per heavy atom. The standard InChI is InChI=1S/C24H18N2O5/c1-13-8-14(2)10-17(9-13)25-21(27)15-4-3-5-18(11-15)26-22(28)19-7-6-16(24(30)31)12-20(19)23(26)29/h3-12H,1-2H3,(H,25,27)(H,30,31). The third-order valence-corrected chi connectivity index (χ3v) is 4.98. The van der Waals surface area contributed by atoms with Gasteiger partial charge in [-0.15, -0.1) is 0 Å². The Bertz CT molecular complexity index is 1260. The van der Waals surface area contributed by atoms with Crippen molar-refractivity contribution in [3.63, 3.8) is 0 Å². The van der Waals surface area contributed by atoms with Gasteiger partial charge >= 0.3 is 5.97 Å². The molecule has 0 atom stereocenters. The molecule has 2 N–H and O–H groups in total. The summed E-state index contributed by atoms with van der Waals surface area (Å²) in [5.41, 5.74) is 3.25. The minimum Gasteiger partial charge on any atom is -0.478 e. The van der Waals surface area contributed by atoms with Crippen LogP contribution in [0.4, 0.5) is 11.4 Å². The highest BCUT2D eigenvalue weighted by Crippen LogP contribution is 2.30. The van der Waals surface area contributed by atoms with Crippen molar-refractivity contribution in [2.24, 2.45) is 0 Å². The van der Waals surface area contributed by atoms with Crippen LogP contribution in [-0.4, -0.2) is 28.8 Å². The molecule has 0 aliphatic carbocycles. The second kappa shape index (κ2) is 7.53. The number of carbonyl (C=O) groups excluding carboxylic acids is 3. The minimum atomic E-state index is -1.19. The van der Waals surface area contributed by atoms with Crippen molar-refractivity contribution in [1.29, 1.82) is 0 Å². The summed E-state index contributed by atoms with van der Waals surface area (Å²) in [6, 6.07) is 15.7. The Morgan fingerprint density at radius 3 is 2.16 bits per heavy atom. The summed E-state index contributed by atoms with van der Waals surface area (Å²) in [5, 5.41) is 12.0. The molecule has 3 aromatic rings. The predicted molar refractivity (Wildman–Crippen MR) is 115 cm³/mol. The highest BCUT2D eigenvalue weighted by molar-refractivity contribution is 6.34. The van der Waals surface area contributed by atoms with E-state index in [1.165, 1.54) is 24.3 Å². The maximum atomic E-state index is 12.8. The summed E-state index contributed by atoms with van der Waals surface area (Å²) in [7, 11) is 0. The fourth-order valence-corrected chi connectivity index (χ4v) is 3.64. The molecule has 4 rings (SSSR count). The van der Waals surface area contributed by atoms with Crippen LogP contribution in [0.2, 0.25) is 0 Å². The Balaban J connectivity index is 1.63. The van der Waals surface area contributed by atoms with Crippen molar-refractivity contribution in [1.82, 2.24) is 0 Å². The highest BCUT2D eigenvalue weighted by Gasteiger charge is 2.37. The molecule has 0 saturated carbocycles. The monoisotopic (exact) mass is 414 g/mol. The zero-order valence-corrected chi connectivity index (χ0v) is 16.8. The second-order valence-electron chi connectivity index (χ2n) is 7.39. The molecule has 31 heavy (non-hydrogen) atoms. The molecule has 1 aliphatic heterocycles. The van der Waals surface area contributed by atoms with E-state index in [-0.39, 0.29) is 33.8 Å². The number of nitrogens with zero attached hydrogens (tertiary/aromatic N) is 1. The van der Waals surface area contributed by atoms with E-state index in [1.54, 1.807) is 18.2 Å². The fourth-order valence-electron chi connectivity index (χ4n) is 3.64. The summed E-state index contributed by atoms with van der Waals surface area (Å²) in [6.45, 7) is 3.86. The van der Waals surface area contributed by atoms with Crippen molar-refractivity contribution < 1.29 is 24.3 Å². The van der Waals surface area contributed by atoms with Crippen molar-refractivity contribution in [2.45, 2.75) is 13.8 Å². The quantitative estimate of drug-likeness (QED) is 0.627. The largest absolute Gasteiger partial charge is 0.478 e. The highest BCUT2D eigenvalue weighted by atomic mass is 16.4. The summed E-state index contributed by atoms with van der Waals surface area (Å²) in [5.74, 6) is -2.76. The molecule has 154 valence electrons. The number of anilines is 2. The number of aryl methyl sites for hydroxylation is 2. The lowest BCUT2D eigenvalue weighted by Crippen LogP contribution is -2.29. The summed E-state index contributed by atoms with van der Waals surface area (Å²) < 4.78 is 0. The van der Waals surface area contributed by atoms with E-state index in [4.69, 9.17) is 5.11 Å². The molecule has 0 unspecified atom stereocenters. The van der Waals surface area contributed by atoms with Crippen molar-refractivity contribution in [3.8, 4) is 0 Å². The summed E-state index contributed by atoms with van der Waals surface area (Å²) in [4.78, 5) is 50.5. The Labute approximate surface area is 177 Å². The van der Waals surface area contributed by atoms with Crippen LogP contribution in [0.25, 0.3) is 0 Å². The normalized spacial score (nSPS) is 12.6. The number of nitrogens with one attached hydrogen (secondary N) is 1. The Morgan fingerprint density at radius 2 is 1.48 bits per heavy atom. The Kier molecular flexibility index (Phi) is 4.87. The maximum absolute atomic E-state index is 12.8. The zero-order chi connectivity index (χ0) is 22.3. The number of hydrogen-bond acceptors (Lipinski definition) is 4. The molecule has 3 aromatic carbocycles. The number of fused-ring (bicyclic) bond motifs is 1. The first kappa shape index (κ1) is 20.0. The molecule has 0 spiro atoms. The van der Waals surface area contributed by atoms with Gasteiger partial charge < -0.3 is 10.4 Å². The third kappa shape index (κ3) is 3.69. The Hall–Kier alpha value is -4.26. The van der Waals surface area contributed by atoms with Gasteiger partial charge in [-0.2, -0.15) is 0 Å². The number of hydrogen-bond donors (Lipinski definition) is 2. The molecule has 7 nitrogen and oxygen atoms in total. The van der Waals surface area contributed by atoms with Gasteiger partial charge in [0, 0.05) is 11.3 Å². The van der Waals surface area contributed by atoms with E-state index < -0.39 is 17.8 Å². The van der Waals surface area contributed by atoms with Crippen molar-refractivity contribution in [3.05, 3.63) is 94.0 Å². The molecule has 1 heterocycles. The van der Waals surface area contributed by atoms with E-state index in [2.05, 4.69) is 5.32 Å². The van der Waals surface area contributed by atoms with Gasteiger partial charge in [0.25, 0.3) is 17.7 Å². The van der Waals surface area contributed by atoms with Gasteiger partial charge in [0.05, 0.1) is 22.4 Å². The number of imide groups is 1. The lowest BCUT2D eigenvalue weighted by Gasteiger charge is -2.15. The van der Waals surface area contributed by atoms with Gasteiger partial charge in [0.1, 0.15) is 0 Å². The maximum Gasteiger partial charge on any atom is 0.335 e. The average Bonchev–Trinajstić information content (AvgIpc) is 2.97. The van der Waals surface area contributed by atoms with Gasteiger partial charge in [-0.25, -0.2) is 9.69 Å². The molecule has 0 bridgehead atoms. The number of benzene rings is 3. The van der Waals surface area contributed by atoms with Crippen molar-refractivity contribution >= 4 is 35.1 Å². The molecule has 3 amide bonds. The van der Waals surface area contributed by atoms with Crippen LogP contribution in [0.3, 0.4) is 0 Å². The van der Waals surface area contributed by atoms with Crippen LogP contribution >= 0.6 is 0 Å². The molecular weight excluding hydrogens is 396 g/mol. The minimum absolute atomic E-state index is 0.0231. The lowest BCUT2D eigenvalue weighted by molar-refractivity contribution is 0.0696. The van der Waals surface area contributed by atoms with Crippen LogP contribution in [0, 0.1) is 13.8 Å². The fraction of sp³-hybridized carbons (Fsp3) is 0.0833. The summed E-state index contributed by atoms with van der Waals surface area (Å²) >= 11 is 0. The molecule has 7 heteroatoms. The molecule has 0 saturated heterocycles. The topological polar surface area (TPSA) is 104 Å². The molecule has 0 aromatic heterocycles. The third-order valence-electron chi connectivity index (χ3n) is 4.98. The number of carbonyl (C=O) groups is 4. The van der Waals surface area contributed by atoms with E-state index in [0.717, 1.165) is 16.0 Å². The first-order valence-corrected chi connectivity index (χ1v) is 9.50. The van der Waals surface area contributed by atoms with Crippen LogP contribution in [0.5, 0.6) is 0 Å². The van der Waals surface area contributed by atoms with E-state index >= 15 is 0 Å². The first-order chi connectivity index (χ1) is 14.7. The van der Waals surface area contributed by atoms with Gasteiger partial charge in [-0.1, -0.05) is 12.1 Å². The van der Waals surface area contributed by atoms with Crippen molar-refractivity contribution in [2.75, 3.05) is 10.2 Å². The molecule has 0 radical (unpaired) electrons. The smallest absolute Gasteiger partial charge is 0.335 e. The van der Waals surface area contributed by atoms with Crippen LogP contribution in [0.15, 0.2) is 60.7 Å². The number of carboxylic acid groups (broad SMARTS) is 1. The first-order valence-electron chi connectivity index (χ1n) is 9.50. The SMILES string of the molecule is Cc1cc(C)cc(NC(=O)c2cccc(N3C(=O)c4ccc(C(=O)O)cc4C3=O)c2)c1. The van der Waals surface area contributed by atoms with E-state index in [1.807, 2.05) is 32.0 Å². The predicted octanol–water partition coefficient (Wildman–Crippen LogP) is 4.05. The number of amides is 3. The lowest BCUT2D eigenvalue weighted by atomic mass is 10.1.